The first-order chi connectivity index (χ1) is 10.6. The third kappa shape index (κ3) is 2.93. The average Bonchev–Trinajstić information content (AvgIpc) is 2.45. The topological polar surface area (TPSA) is 52.6 Å². The Morgan fingerprint density at radius 1 is 1.35 bits per heavy atom. The molecular weight excluding hydrogens is 308 g/mol. The quantitative estimate of drug-likeness (QED) is 0.339. The molecule has 5 heteroatoms. The SMILES string of the molecule is COC(=O)[C@]12C(=O)CCC[C@H]1CC=CC2O[Si](C)(C)C(C)(C)C. The first-order valence-corrected chi connectivity index (χ1v) is 11.4. The van der Waals surface area contributed by atoms with Crippen LogP contribution in [0.1, 0.15) is 46.5 Å². The van der Waals surface area contributed by atoms with Gasteiger partial charge in [-0.25, -0.2) is 0 Å². The van der Waals surface area contributed by atoms with Crippen molar-refractivity contribution in [2.24, 2.45) is 11.3 Å². The first kappa shape index (κ1) is 18.4. The summed E-state index contributed by atoms with van der Waals surface area (Å²) in [6.45, 7) is 10.8. The van der Waals surface area contributed by atoms with Crippen molar-refractivity contribution in [3.63, 3.8) is 0 Å². The summed E-state index contributed by atoms with van der Waals surface area (Å²) in [6, 6.07) is 0. The van der Waals surface area contributed by atoms with Crippen molar-refractivity contribution in [3.05, 3.63) is 12.2 Å². The second-order valence-electron chi connectivity index (χ2n) is 8.34. The molecule has 1 unspecified atom stereocenters. The number of allylic oxidation sites excluding steroid dienone is 1. The minimum absolute atomic E-state index is 0.00373. The normalized spacial score (nSPS) is 31.7. The molecule has 0 aliphatic heterocycles. The number of esters is 1. The summed E-state index contributed by atoms with van der Waals surface area (Å²) in [5.74, 6) is -0.426. The molecule has 0 N–H and O–H groups in total. The van der Waals surface area contributed by atoms with Gasteiger partial charge in [0.25, 0.3) is 0 Å². The monoisotopic (exact) mass is 338 g/mol. The van der Waals surface area contributed by atoms with Gasteiger partial charge in [0, 0.05) is 6.42 Å². The van der Waals surface area contributed by atoms with E-state index in [1.807, 2.05) is 6.08 Å². The number of fused-ring (bicyclic) bond motifs is 1. The molecule has 0 radical (unpaired) electrons. The van der Waals surface area contributed by atoms with E-state index in [2.05, 4.69) is 39.9 Å². The van der Waals surface area contributed by atoms with Gasteiger partial charge in [-0.2, -0.15) is 0 Å². The number of methoxy groups -OCH3 is 1. The molecule has 0 aromatic carbocycles. The van der Waals surface area contributed by atoms with Crippen LogP contribution >= 0.6 is 0 Å². The Bertz CT molecular complexity index is 508. The van der Waals surface area contributed by atoms with Crippen LogP contribution in [0.3, 0.4) is 0 Å². The summed E-state index contributed by atoms with van der Waals surface area (Å²) in [6.07, 6.45) is 6.42. The van der Waals surface area contributed by atoms with Crippen molar-refractivity contribution < 1.29 is 18.8 Å². The van der Waals surface area contributed by atoms with Crippen LogP contribution in [0, 0.1) is 11.3 Å². The molecule has 3 atom stereocenters. The summed E-state index contributed by atoms with van der Waals surface area (Å²) in [4.78, 5) is 25.6. The number of hydrogen-bond acceptors (Lipinski definition) is 4. The van der Waals surface area contributed by atoms with Crippen molar-refractivity contribution in [1.82, 2.24) is 0 Å². The molecule has 2 aliphatic carbocycles. The standard InChI is InChI=1S/C18H30O4Si/c1-17(2,3)23(5,6)22-15-12-8-10-13-9-7-11-14(19)18(13,15)16(20)21-4/h8,12-13,15H,7,9-11H2,1-6H3/t13-,15?,18-/m0/s1. The highest BCUT2D eigenvalue weighted by atomic mass is 28.4. The molecule has 0 amide bonds. The van der Waals surface area contributed by atoms with Crippen molar-refractivity contribution in [3.8, 4) is 0 Å². The molecule has 0 spiro atoms. The van der Waals surface area contributed by atoms with Gasteiger partial charge in [-0.05, 0) is 43.3 Å². The lowest BCUT2D eigenvalue weighted by atomic mass is 9.59. The van der Waals surface area contributed by atoms with Gasteiger partial charge in [-0.3, -0.25) is 9.59 Å². The summed E-state index contributed by atoms with van der Waals surface area (Å²) < 4.78 is 11.6. The predicted molar refractivity (Wildman–Crippen MR) is 92.6 cm³/mol. The highest BCUT2D eigenvalue weighted by molar-refractivity contribution is 6.74. The maximum absolute atomic E-state index is 12.9. The van der Waals surface area contributed by atoms with E-state index in [1.54, 1.807) is 0 Å². The second-order valence-corrected chi connectivity index (χ2v) is 13.1. The summed E-state index contributed by atoms with van der Waals surface area (Å²) >= 11 is 0. The van der Waals surface area contributed by atoms with Crippen LogP contribution in [0.4, 0.5) is 0 Å². The molecule has 1 fully saturated rings. The lowest BCUT2D eigenvalue weighted by Gasteiger charge is -2.49. The van der Waals surface area contributed by atoms with E-state index < -0.39 is 25.8 Å². The Morgan fingerprint density at radius 2 is 2.00 bits per heavy atom. The maximum atomic E-state index is 12.9. The van der Waals surface area contributed by atoms with E-state index in [4.69, 9.17) is 9.16 Å². The van der Waals surface area contributed by atoms with Crippen LogP contribution in [0.15, 0.2) is 12.2 Å². The van der Waals surface area contributed by atoms with E-state index in [9.17, 15) is 9.59 Å². The molecule has 2 rings (SSSR count). The highest BCUT2D eigenvalue weighted by Gasteiger charge is 2.61. The van der Waals surface area contributed by atoms with Crippen LogP contribution < -0.4 is 0 Å². The maximum Gasteiger partial charge on any atom is 0.322 e. The van der Waals surface area contributed by atoms with Crippen LogP contribution in [0.5, 0.6) is 0 Å². The van der Waals surface area contributed by atoms with Gasteiger partial charge in [0.05, 0.1) is 13.2 Å². The van der Waals surface area contributed by atoms with Crippen LogP contribution in [0.25, 0.3) is 0 Å². The Kier molecular flexibility index (Phi) is 4.93. The zero-order chi connectivity index (χ0) is 17.5. The van der Waals surface area contributed by atoms with Gasteiger partial charge in [-0.15, -0.1) is 0 Å². The lowest BCUT2D eigenvalue weighted by molar-refractivity contribution is -0.172. The number of hydrogen-bond donors (Lipinski definition) is 0. The minimum Gasteiger partial charge on any atom is -0.468 e. The third-order valence-electron chi connectivity index (χ3n) is 5.99. The molecule has 4 nitrogen and oxygen atoms in total. The smallest absolute Gasteiger partial charge is 0.322 e. The number of carbonyl (C=O) groups excluding carboxylic acids is 2. The van der Waals surface area contributed by atoms with Gasteiger partial charge in [0.1, 0.15) is 0 Å². The Morgan fingerprint density at radius 3 is 2.57 bits per heavy atom. The van der Waals surface area contributed by atoms with E-state index >= 15 is 0 Å². The molecular formula is C18H30O4Si. The van der Waals surface area contributed by atoms with Crippen molar-refractivity contribution >= 4 is 20.1 Å². The van der Waals surface area contributed by atoms with Gasteiger partial charge in [0.15, 0.2) is 19.5 Å². The molecule has 0 aromatic heterocycles. The number of ether oxygens (including phenoxy) is 1. The van der Waals surface area contributed by atoms with E-state index in [0.717, 1.165) is 19.3 Å². The summed E-state index contributed by atoms with van der Waals surface area (Å²) in [5, 5.41) is 0.0167. The van der Waals surface area contributed by atoms with E-state index in [0.29, 0.717) is 6.42 Å². The lowest BCUT2D eigenvalue weighted by Crippen LogP contribution is -2.60. The number of ketones is 1. The first-order valence-electron chi connectivity index (χ1n) is 8.53. The van der Waals surface area contributed by atoms with Crippen LogP contribution in [0.2, 0.25) is 18.1 Å². The summed E-state index contributed by atoms with van der Waals surface area (Å²) in [7, 11) is -0.742. The van der Waals surface area contributed by atoms with Crippen molar-refractivity contribution in [1.29, 1.82) is 0 Å². The zero-order valence-corrected chi connectivity index (χ0v) is 16.3. The fourth-order valence-corrected chi connectivity index (χ4v) is 4.83. The molecule has 1 saturated carbocycles. The predicted octanol–water partition coefficient (Wildman–Crippen LogP) is 3.87. The number of Topliss-reactive ketones (excluding diaryl/α,β-unsaturated/α-hetero) is 1. The van der Waals surface area contributed by atoms with Gasteiger partial charge in [0.2, 0.25) is 0 Å². The Labute approximate surface area is 140 Å². The second kappa shape index (κ2) is 6.17. The zero-order valence-electron chi connectivity index (χ0n) is 15.3. The van der Waals surface area contributed by atoms with Crippen molar-refractivity contribution in [2.75, 3.05) is 7.11 Å². The Hall–Kier alpha value is -0.943. The molecule has 0 saturated heterocycles. The fraction of sp³-hybridized carbons (Fsp3) is 0.778. The van der Waals surface area contributed by atoms with E-state index in [-0.39, 0.29) is 16.7 Å². The molecule has 130 valence electrons. The fourth-order valence-electron chi connectivity index (χ4n) is 3.58. The van der Waals surface area contributed by atoms with Gasteiger partial charge >= 0.3 is 5.97 Å². The molecule has 23 heavy (non-hydrogen) atoms. The highest BCUT2D eigenvalue weighted by Crippen LogP contribution is 2.50. The Balaban J connectivity index is 2.47. The summed E-state index contributed by atoms with van der Waals surface area (Å²) in [5.41, 5.74) is -1.14. The average molecular weight is 339 g/mol. The number of carbonyl (C=O) groups is 2. The minimum atomic E-state index is -2.12. The van der Waals surface area contributed by atoms with E-state index in [1.165, 1.54) is 7.11 Å². The van der Waals surface area contributed by atoms with Crippen molar-refractivity contribution in [2.45, 2.75) is 70.7 Å². The third-order valence-corrected chi connectivity index (χ3v) is 10.4. The molecule has 2 aliphatic rings. The van der Waals surface area contributed by atoms with Gasteiger partial charge in [-0.1, -0.05) is 32.9 Å². The van der Waals surface area contributed by atoms with Crippen LogP contribution in [-0.4, -0.2) is 33.3 Å². The molecule has 0 bridgehead atoms. The number of rotatable bonds is 3. The molecule has 0 heterocycles. The molecule has 0 aromatic rings. The largest absolute Gasteiger partial charge is 0.468 e. The van der Waals surface area contributed by atoms with Crippen LogP contribution in [-0.2, 0) is 18.8 Å². The van der Waals surface area contributed by atoms with Gasteiger partial charge < -0.3 is 9.16 Å².